The van der Waals surface area contributed by atoms with Gasteiger partial charge in [-0.25, -0.2) is 4.79 Å². The zero-order valence-electron chi connectivity index (χ0n) is 23.8. The molecular formula is C33H41ClO6. The average molecular weight is 569 g/mol. The van der Waals surface area contributed by atoms with Crippen molar-refractivity contribution in [1.29, 1.82) is 0 Å². The second-order valence-electron chi connectivity index (χ2n) is 13.9. The Morgan fingerprint density at radius 2 is 1.82 bits per heavy atom. The van der Waals surface area contributed by atoms with Crippen LogP contribution in [0.4, 0.5) is 4.79 Å². The average Bonchev–Trinajstić information content (AvgIpc) is 3.21. The van der Waals surface area contributed by atoms with E-state index in [1.807, 2.05) is 12.1 Å². The van der Waals surface area contributed by atoms with Gasteiger partial charge in [-0.1, -0.05) is 50.3 Å². The van der Waals surface area contributed by atoms with Crippen molar-refractivity contribution < 1.29 is 29.2 Å². The van der Waals surface area contributed by atoms with E-state index in [0.29, 0.717) is 37.9 Å². The van der Waals surface area contributed by atoms with Crippen molar-refractivity contribution >= 4 is 17.0 Å². The van der Waals surface area contributed by atoms with Crippen LogP contribution in [0.25, 0.3) is 0 Å². The van der Waals surface area contributed by atoms with Gasteiger partial charge in [0.1, 0.15) is 0 Å². The Labute approximate surface area is 242 Å². The summed E-state index contributed by atoms with van der Waals surface area (Å²) in [6.07, 6.45) is 6.10. The molecule has 7 heteroatoms. The largest absolute Gasteiger partial charge is 0.440 e. The van der Waals surface area contributed by atoms with Crippen molar-refractivity contribution in [2.24, 2.45) is 22.7 Å². The molecule has 5 aliphatic rings. The number of carbonyl (C=O) groups excluding carboxylic acids is 1. The molecule has 216 valence electrons. The Morgan fingerprint density at radius 3 is 2.52 bits per heavy atom. The van der Waals surface area contributed by atoms with Gasteiger partial charge >= 0.3 is 5.43 Å². The molecule has 1 aliphatic heterocycles. The lowest BCUT2D eigenvalue weighted by atomic mass is 9.51. The van der Waals surface area contributed by atoms with Crippen LogP contribution in [0, 0.1) is 34.5 Å². The summed E-state index contributed by atoms with van der Waals surface area (Å²) in [7, 11) is 0. The third-order valence-corrected chi connectivity index (χ3v) is 10.7. The highest BCUT2D eigenvalue weighted by Gasteiger charge is 2.60. The van der Waals surface area contributed by atoms with E-state index in [2.05, 4.69) is 44.7 Å². The van der Waals surface area contributed by atoms with Crippen LogP contribution in [-0.2, 0) is 14.2 Å². The van der Waals surface area contributed by atoms with Crippen LogP contribution in [0.15, 0.2) is 35.4 Å². The van der Waals surface area contributed by atoms with E-state index >= 15 is 0 Å². The van der Waals surface area contributed by atoms with Crippen LogP contribution < -0.4 is 0 Å². The first-order chi connectivity index (χ1) is 18.9. The zero-order valence-corrected chi connectivity index (χ0v) is 24.6. The maximum atomic E-state index is 12.3. The smallest absolute Gasteiger partial charge is 0.404 e. The SMILES string of the molecule is CC1(C)COC2(CCC3=C4C(c5ccc(C#CCOC(=O)Cl)cc5)C[C@]5(C)C(O)CCC5C4CC[C@@]3(O)C2)OC1. The van der Waals surface area contributed by atoms with Crippen LogP contribution in [0.1, 0.15) is 89.2 Å². The molecule has 3 saturated carbocycles. The predicted molar refractivity (Wildman–Crippen MR) is 152 cm³/mol. The lowest BCUT2D eigenvalue weighted by Crippen LogP contribution is -2.57. The van der Waals surface area contributed by atoms with Gasteiger partial charge in [0.25, 0.3) is 0 Å². The second-order valence-corrected chi connectivity index (χ2v) is 14.2. The molecule has 1 heterocycles. The summed E-state index contributed by atoms with van der Waals surface area (Å²) in [4.78, 5) is 10.8. The van der Waals surface area contributed by atoms with Crippen molar-refractivity contribution in [3.05, 3.63) is 46.5 Å². The summed E-state index contributed by atoms with van der Waals surface area (Å²) >= 11 is 5.21. The molecular weight excluding hydrogens is 528 g/mol. The first-order valence-corrected chi connectivity index (χ1v) is 15.1. The molecule has 1 spiro atoms. The zero-order chi connectivity index (χ0) is 28.3. The maximum absolute atomic E-state index is 12.3. The summed E-state index contributed by atoms with van der Waals surface area (Å²) in [5.41, 5.74) is 2.68. The summed E-state index contributed by atoms with van der Waals surface area (Å²) in [6.45, 7) is 7.82. The van der Waals surface area contributed by atoms with Gasteiger partial charge in [0, 0.05) is 41.3 Å². The summed E-state index contributed by atoms with van der Waals surface area (Å²) in [5.74, 6) is 6.05. The lowest BCUT2D eigenvalue weighted by Gasteiger charge is -2.57. The molecule has 1 aromatic carbocycles. The maximum Gasteiger partial charge on any atom is 0.404 e. The molecule has 1 aromatic rings. The van der Waals surface area contributed by atoms with E-state index in [9.17, 15) is 15.0 Å². The van der Waals surface area contributed by atoms with Crippen LogP contribution in [0.2, 0.25) is 0 Å². The van der Waals surface area contributed by atoms with Crippen LogP contribution in [0.5, 0.6) is 0 Å². The number of aliphatic hydroxyl groups is 2. The minimum absolute atomic E-state index is 0.0163. The topological polar surface area (TPSA) is 85.2 Å². The molecule has 6 nitrogen and oxygen atoms in total. The third-order valence-electron chi connectivity index (χ3n) is 10.6. The van der Waals surface area contributed by atoms with Gasteiger partial charge in [0.05, 0.1) is 24.9 Å². The van der Waals surface area contributed by atoms with Gasteiger partial charge in [-0.2, -0.15) is 0 Å². The van der Waals surface area contributed by atoms with Gasteiger partial charge in [-0.15, -0.1) is 0 Å². The Hall–Kier alpha value is -1.88. The molecule has 40 heavy (non-hydrogen) atoms. The Morgan fingerprint density at radius 1 is 1.10 bits per heavy atom. The number of hydrogen-bond donors (Lipinski definition) is 2. The van der Waals surface area contributed by atoms with E-state index in [0.717, 1.165) is 44.1 Å². The van der Waals surface area contributed by atoms with Gasteiger partial charge in [-0.3, -0.25) is 0 Å². The Balaban J connectivity index is 1.34. The van der Waals surface area contributed by atoms with E-state index in [4.69, 9.17) is 25.8 Å². The fourth-order valence-electron chi connectivity index (χ4n) is 8.55. The highest BCUT2D eigenvalue weighted by atomic mass is 35.5. The Kier molecular flexibility index (Phi) is 7.16. The van der Waals surface area contributed by atoms with Crippen molar-refractivity contribution in [2.75, 3.05) is 19.8 Å². The molecule has 0 amide bonds. The monoisotopic (exact) mass is 568 g/mol. The predicted octanol–water partition coefficient (Wildman–Crippen LogP) is 6.07. The summed E-state index contributed by atoms with van der Waals surface area (Å²) < 4.78 is 17.4. The molecule has 4 aliphatic carbocycles. The van der Waals surface area contributed by atoms with Crippen LogP contribution >= 0.6 is 11.6 Å². The van der Waals surface area contributed by atoms with Crippen LogP contribution in [0.3, 0.4) is 0 Å². The van der Waals surface area contributed by atoms with Gasteiger partial charge < -0.3 is 24.4 Å². The fraction of sp³-hybridized carbons (Fsp3) is 0.667. The molecule has 0 aromatic heterocycles. The first-order valence-electron chi connectivity index (χ1n) is 14.8. The van der Waals surface area contributed by atoms with E-state index in [-0.39, 0.29) is 29.5 Å². The molecule has 0 radical (unpaired) electrons. The van der Waals surface area contributed by atoms with Crippen molar-refractivity contribution in [1.82, 2.24) is 0 Å². The third kappa shape index (κ3) is 4.92. The molecule has 6 atom stereocenters. The minimum Gasteiger partial charge on any atom is -0.440 e. The van der Waals surface area contributed by atoms with Crippen molar-refractivity contribution in [3.8, 4) is 11.8 Å². The van der Waals surface area contributed by atoms with Crippen molar-refractivity contribution in [3.63, 3.8) is 0 Å². The van der Waals surface area contributed by atoms with Gasteiger partial charge in [0.15, 0.2) is 12.4 Å². The summed E-state index contributed by atoms with van der Waals surface area (Å²) in [6, 6.07) is 8.26. The molecule has 4 unspecified atom stereocenters. The fourth-order valence-corrected chi connectivity index (χ4v) is 8.61. The van der Waals surface area contributed by atoms with E-state index in [1.54, 1.807) is 0 Å². The first kappa shape index (κ1) is 28.2. The number of halogens is 1. The highest BCUT2D eigenvalue weighted by molar-refractivity contribution is 6.61. The second kappa shape index (κ2) is 10.1. The minimum atomic E-state index is -0.931. The number of carbonyl (C=O) groups is 1. The quantitative estimate of drug-likeness (QED) is 0.256. The van der Waals surface area contributed by atoms with E-state index in [1.165, 1.54) is 16.7 Å². The molecule has 4 fully saturated rings. The number of rotatable bonds is 2. The van der Waals surface area contributed by atoms with Crippen LogP contribution in [-0.4, -0.2) is 53.0 Å². The number of ether oxygens (including phenoxy) is 3. The lowest BCUT2D eigenvalue weighted by molar-refractivity contribution is -0.322. The van der Waals surface area contributed by atoms with Crippen molar-refractivity contribution in [2.45, 2.75) is 95.5 Å². The van der Waals surface area contributed by atoms with Gasteiger partial charge in [0.2, 0.25) is 0 Å². The molecule has 1 saturated heterocycles. The number of hydrogen-bond acceptors (Lipinski definition) is 6. The van der Waals surface area contributed by atoms with Gasteiger partial charge in [-0.05, 0) is 79.0 Å². The molecule has 2 N–H and O–H groups in total. The normalized spacial score (nSPS) is 37.5. The Bertz CT molecular complexity index is 1250. The number of benzene rings is 1. The summed E-state index contributed by atoms with van der Waals surface area (Å²) in [5, 5.41) is 23.4. The molecule has 6 rings (SSSR count). The molecule has 0 bridgehead atoms. The number of allylic oxidation sites excluding steroid dienone is 1. The highest BCUT2D eigenvalue weighted by Crippen LogP contribution is 2.65. The standard InChI is InChI=1S/C33H41ClO6/c1-30(2)19-39-33(40-20-30)15-13-26-28-23(12-14-32(26,37)18-33)25-10-11-27(35)31(25,3)17-24(28)22-8-6-21(7-9-22)5-4-16-38-29(34)36/h6-9,23-25,27,35,37H,10-20H2,1-3H3/t23?,24?,25?,27?,31-,32+/m0/s1. The number of aliphatic hydroxyl groups excluding tert-OH is 1. The van der Waals surface area contributed by atoms with E-state index < -0.39 is 16.8 Å². The number of fused-ring (bicyclic) bond motifs is 4.